The first kappa shape index (κ1) is 22.0. The van der Waals surface area contributed by atoms with Gasteiger partial charge in [0.05, 0.1) is 12.8 Å². The van der Waals surface area contributed by atoms with Crippen LogP contribution >= 0.6 is 0 Å². The minimum atomic E-state index is -3.91. The molecule has 1 unspecified atom stereocenters. The Morgan fingerprint density at radius 2 is 1.65 bits per heavy atom. The molecule has 0 bridgehead atoms. The summed E-state index contributed by atoms with van der Waals surface area (Å²) in [5.41, 5.74) is 2.84. The van der Waals surface area contributed by atoms with E-state index in [1.54, 1.807) is 29.6 Å². The molecule has 9 heteroatoms. The zero-order valence-electron chi connectivity index (χ0n) is 18.9. The average Bonchev–Trinajstić information content (AvgIpc) is 3.28. The number of benzene rings is 3. The van der Waals surface area contributed by atoms with Gasteiger partial charge in [-0.2, -0.15) is 9.61 Å². The summed E-state index contributed by atoms with van der Waals surface area (Å²) in [5.74, 6) is 0.680. The Labute approximate surface area is 197 Å². The molecule has 5 aromatic rings. The fourth-order valence-electron chi connectivity index (χ4n) is 4.05. The lowest BCUT2D eigenvalue weighted by molar-refractivity contribution is 0.402. The summed E-state index contributed by atoms with van der Waals surface area (Å²) in [7, 11) is -2.47. The van der Waals surface area contributed by atoms with E-state index in [0.29, 0.717) is 17.0 Å². The zero-order valence-corrected chi connectivity index (χ0v) is 19.7. The summed E-state index contributed by atoms with van der Waals surface area (Å²) in [4.78, 5) is 0.0181. The van der Waals surface area contributed by atoms with Gasteiger partial charge >= 0.3 is 0 Å². The lowest BCUT2D eigenvalue weighted by atomic mass is 10.1. The second-order valence-corrected chi connectivity index (χ2v) is 9.69. The molecule has 5 rings (SSSR count). The molecule has 0 aliphatic rings. The fourth-order valence-corrected chi connectivity index (χ4v) is 5.48. The van der Waals surface area contributed by atoms with E-state index in [1.165, 1.54) is 7.11 Å². The Balaban J connectivity index is 1.61. The minimum absolute atomic E-state index is 0.0181. The van der Waals surface area contributed by atoms with E-state index in [1.807, 2.05) is 61.5 Å². The smallest absolute Gasteiger partial charge is 0.244 e. The highest BCUT2D eigenvalue weighted by molar-refractivity contribution is 7.89. The number of methoxy groups -OCH3 is 1. The Bertz CT molecular complexity index is 1610. The van der Waals surface area contributed by atoms with Crippen LogP contribution in [0.5, 0.6) is 5.75 Å². The molecule has 3 aromatic carbocycles. The lowest BCUT2D eigenvalue weighted by Gasteiger charge is -2.17. The van der Waals surface area contributed by atoms with Gasteiger partial charge < -0.3 is 4.74 Å². The summed E-state index contributed by atoms with van der Waals surface area (Å²) >= 11 is 0. The Kier molecular flexibility index (Phi) is 5.51. The second kappa shape index (κ2) is 8.51. The molecule has 172 valence electrons. The quantitative estimate of drug-likeness (QED) is 0.395. The average molecular weight is 474 g/mol. The fraction of sp³-hybridized carbons (Fsp3) is 0.160. The van der Waals surface area contributed by atoms with Gasteiger partial charge in [0.15, 0.2) is 11.5 Å². The molecule has 0 amide bonds. The molecule has 0 radical (unpaired) electrons. The van der Waals surface area contributed by atoms with Crippen molar-refractivity contribution in [3.63, 3.8) is 0 Å². The van der Waals surface area contributed by atoms with Gasteiger partial charge in [-0.3, -0.25) is 0 Å². The highest BCUT2D eigenvalue weighted by atomic mass is 32.2. The molecule has 34 heavy (non-hydrogen) atoms. The number of ether oxygens (including phenoxy) is 1. The van der Waals surface area contributed by atoms with E-state index in [2.05, 4.69) is 20.0 Å². The number of nitrogens with one attached hydrogen (secondary N) is 1. The molecular weight excluding hydrogens is 450 g/mol. The van der Waals surface area contributed by atoms with Crippen LogP contribution in [0.2, 0.25) is 0 Å². The zero-order chi connectivity index (χ0) is 23.9. The van der Waals surface area contributed by atoms with Crippen LogP contribution in [-0.4, -0.2) is 35.3 Å². The molecule has 0 saturated heterocycles. The van der Waals surface area contributed by atoms with Crippen LogP contribution in [0.15, 0.2) is 77.7 Å². The van der Waals surface area contributed by atoms with Crippen LogP contribution in [-0.2, 0) is 10.0 Å². The summed E-state index contributed by atoms with van der Waals surface area (Å²) in [5, 5.41) is 15.3. The van der Waals surface area contributed by atoms with Crippen LogP contribution in [0.1, 0.15) is 24.2 Å². The van der Waals surface area contributed by atoms with Gasteiger partial charge in [-0.1, -0.05) is 54.6 Å². The van der Waals surface area contributed by atoms with E-state index in [4.69, 9.17) is 4.74 Å². The van der Waals surface area contributed by atoms with E-state index < -0.39 is 16.1 Å². The predicted molar refractivity (Wildman–Crippen MR) is 130 cm³/mol. The molecule has 1 atom stereocenters. The molecule has 2 heterocycles. The number of aryl methyl sites for hydroxylation is 1. The first-order valence-corrected chi connectivity index (χ1v) is 12.2. The summed E-state index contributed by atoms with van der Waals surface area (Å²) in [6.07, 6.45) is 0. The molecule has 0 aliphatic carbocycles. The Morgan fingerprint density at radius 3 is 2.38 bits per heavy atom. The topological polar surface area (TPSA) is 98.5 Å². The van der Waals surface area contributed by atoms with Crippen molar-refractivity contribution in [2.45, 2.75) is 24.8 Å². The van der Waals surface area contributed by atoms with Gasteiger partial charge in [0, 0.05) is 22.4 Å². The van der Waals surface area contributed by atoms with Gasteiger partial charge in [0.25, 0.3) is 0 Å². The first-order valence-electron chi connectivity index (χ1n) is 10.8. The third-order valence-corrected chi connectivity index (χ3v) is 7.35. The molecule has 2 aromatic heterocycles. The number of rotatable bonds is 6. The molecule has 8 nitrogen and oxygen atoms in total. The van der Waals surface area contributed by atoms with Crippen molar-refractivity contribution in [1.82, 2.24) is 24.5 Å². The van der Waals surface area contributed by atoms with E-state index >= 15 is 0 Å². The number of fused-ring (bicyclic) bond motifs is 3. The second-order valence-electron chi connectivity index (χ2n) is 8.01. The van der Waals surface area contributed by atoms with Crippen molar-refractivity contribution in [2.24, 2.45) is 0 Å². The van der Waals surface area contributed by atoms with E-state index in [-0.39, 0.29) is 10.6 Å². The number of hydrogen-bond donors (Lipinski definition) is 1. The largest absolute Gasteiger partial charge is 0.495 e. The van der Waals surface area contributed by atoms with Gasteiger partial charge in [-0.25, -0.2) is 13.1 Å². The van der Waals surface area contributed by atoms with Gasteiger partial charge in [-0.15, -0.1) is 10.2 Å². The number of nitrogens with zero attached hydrogens (tertiary/aromatic N) is 4. The van der Waals surface area contributed by atoms with Crippen molar-refractivity contribution < 1.29 is 13.2 Å². The van der Waals surface area contributed by atoms with Gasteiger partial charge in [0.1, 0.15) is 10.6 Å². The molecule has 0 saturated carbocycles. The number of aromatic nitrogens is 4. The van der Waals surface area contributed by atoms with E-state index in [0.717, 1.165) is 22.0 Å². The minimum Gasteiger partial charge on any atom is -0.495 e. The van der Waals surface area contributed by atoms with Crippen molar-refractivity contribution in [3.05, 3.63) is 84.1 Å². The van der Waals surface area contributed by atoms with E-state index in [9.17, 15) is 8.42 Å². The summed E-state index contributed by atoms with van der Waals surface area (Å²) in [6.45, 7) is 3.72. The van der Waals surface area contributed by atoms with Crippen LogP contribution in [0.3, 0.4) is 0 Å². The maximum absolute atomic E-state index is 13.4. The number of hydrogen-bond acceptors (Lipinski definition) is 6. The van der Waals surface area contributed by atoms with Gasteiger partial charge in [-0.05, 0) is 37.6 Å². The van der Waals surface area contributed by atoms with Gasteiger partial charge in [0.2, 0.25) is 10.0 Å². The highest BCUT2D eigenvalue weighted by Gasteiger charge is 2.24. The number of sulfonamides is 1. The predicted octanol–water partition coefficient (Wildman–Crippen LogP) is 4.30. The maximum Gasteiger partial charge on any atom is 0.244 e. The molecule has 1 N–H and O–H groups in total. The molecule has 0 fully saturated rings. The maximum atomic E-state index is 13.4. The van der Waals surface area contributed by atoms with Crippen molar-refractivity contribution in [2.75, 3.05) is 7.11 Å². The van der Waals surface area contributed by atoms with Crippen molar-refractivity contribution in [1.29, 1.82) is 0 Å². The first-order chi connectivity index (χ1) is 16.4. The van der Waals surface area contributed by atoms with Crippen LogP contribution in [0.25, 0.3) is 27.8 Å². The van der Waals surface area contributed by atoms with Crippen LogP contribution in [0.4, 0.5) is 0 Å². The monoisotopic (exact) mass is 473 g/mol. The summed E-state index contributed by atoms with van der Waals surface area (Å²) in [6, 6.07) is 21.7. The Morgan fingerprint density at radius 1 is 0.941 bits per heavy atom. The molecule has 0 spiro atoms. The van der Waals surface area contributed by atoms with Crippen molar-refractivity contribution >= 4 is 26.4 Å². The standard InChI is InChI=1S/C25H23N5O3S/c1-16(18-9-5-4-6-10-18)29-34(31,32)23-15-19(13-14-22(23)33-3)24-26-27-25-21-12-8-7-11-20(21)17(2)28-30(24)25/h4-16,29H,1-3H3. The molecule has 0 aliphatic heterocycles. The molecular formula is C25H23N5O3S. The third-order valence-electron chi connectivity index (χ3n) is 5.79. The van der Waals surface area contributed by atoms with Crippen molar-refractivity contribution in [3.8, 4) is 17.1 Å². The Hall–Kier alpha value is -3.82. The lowest BCUT2D eigenvalue weighted by Crippen LogP contribution is -2.27. The van der Waals surface area contributed by atoms with Crippen LogP contribution < -0.4 is 9.46 Å². The normalized spacial score (nSPS) is 12.8. The third kappa shape index (κ3) is 3.78. The van der Waals surface area contributed by atoms with Crippen LogP contribution in [0, 0.1) is 6.92 Å². The highest BCUT2D eigenvalue weighted by Crippen LogP contribution is 2.31. The summed E-state index contributed by atoms with van der Waals surface area (Å²) < 4.78 is 36.5. The SMILES string of the molecule is COc1ccc(-c2nnc3c4ccccc4c(C)nn23)cc1S(=O)(=O)NC(C)c1ccccc1.